The molecule has 1 aromatic heterocycles. The fourth-order valence-corrected chi connectivity index (χ4v) is 3.49. The van der Waals surface area contributed by atoms with Gasteiger partial charge >= 0.3 is 0 Å². The number of hydrogen-bond acceptors (Lipinski definition) is 5. The maximum atomic E-state index is 11.9. The van der Waals surface area contributed by atoms with Crippen LogP contribution in [0, 0.1) is 5.92 Å². The van der Waals surface area contributed by atoms with Crippen LogP contribution < -0.4 is 4.90 Å². The van der Waals surface area contributed by atoms with E-state index in [2.05, 4.69) is 16.8 Å². The summed E-state index contributed by atoms with van der Waals surface area (Å²) in [5.41, 5.74) is 1.01. The van der Waals surface area contributed by atoms with Gasteiger partial charge in [0.1, 0.15) is 0 Å². The van der Waals surface area contributed by atoms with Crippen LogP contribution in [0.3, 0.4) is 0 Å². The highest BCUT2D eigenvalue weighted by atomic mass is 32.1. The quantitative estimate of drug-likeness (QED) is 0.763. The lowest BCUT2D eigenvalue weighted by molar-refractivity contribution is 0.0957. The van der Waals surface area contributed by atoms with Crippen LogP contribution in [0.1, 0.15) is 28.7 Å². The van der Waals surface area contributed by atoms with Crippen LogP contribution >= 0.6 is 11.3 Å². The average molecular weight is 252 g/mol. The first kappa shape index (κ1) is 11.2. The number of hydrogen-bond donors (Lipinski definition) is 0. The molecule has 17 heavy (non-hydrogen) atoms. The van der Waals surface area contributed by atoms with E-state index in [-0.39, 0.29) is 5.78 Å². The van der Waals surface area contributed by atoms with Gasteiger partial charge in [-0.05, 0) is 12.3 Å². The van der Waals surface area contributed by atoms with Crippen LogP contribution in [0.15, 0.2) is 0 Å². The number of thiazole rings is 1. The normalized spacial score (nSPS) is 24.9. The minimum atomic E-state index is 0.274. The Balaban J connectivity index is 1.88. The average Bonchev–Trinajstić information content (AvgIpc) is 2.74. The zero-order chi connectivity index (χ0) is 11.8. The molecule has 0 radical (unpaired) electrons. The highest BCUT2D eigenvalue weighted by Gasteiger charge is 2.28. The maximum Gasteiger partial charge on any atom is 0.186 e. The van der Waals surface area contributed by atoms with Gasteiger partial charge in [0.2, 0.25) is 0 Å². The summed E-state index contributed by atoms with van der Waals surface area (Å²) in [5.74, 6) is 0.713. The minimum absolute atomic E-state index is 0.274. The van der Waals surface area contributed by atoms with Crippen LogP contribution in [-0.2, 0) is 11.2 Å². The number of Topliss-reactive ketones (excluding diaryl/α,β-unsaturated/α-hetero) is 1. The molecule has 1 aliphatic carbocycles. The van der Waals surface area contributed by atoms with E-state index >= 15 is 0 Å². The van der Waals surface area contributed by atoms with E-state index in [0.29, 0.717) is 12.3 Å². The maximum absolute atomic E-state index is 11.9. The summed E-state index contributed by atoms with van der Waals surface area (Å²) in [6.45, 7) is 5.41. The third-order valence-electron chi connectivity index (χ3n) is 3.30. The number of carbonyl (C=O) groups is 1. The zero-order valence-electron chi connectivity index (χ0n) is 9.94. The zero-order valence-corrected chi connectivity index (χ0v) is 10.8. The SMILES string of the molecule is CC1CC(=O)c2sc(N3CCOCC3)nc2C1. The van der Waals surface area contributed by atoms with Crippen LogP contribution in [0.5, 0.6) is 0 Å². The number of anilines is 1. The van der Waals surface area contributed by atoms with Crippen LogP contribution in [0.2, 0.25) is 0 Å². The summed E-state index contributed by atoms with van der Waals surface area (Å²) in [5, 5.41) is 1.00. The van der Waals surface area contributed by atoms with Crippen LogP contribution in [0.25, 0.3) is 0 Å². The van der Waals surface area contributed by atoms with E-state index in [1.54, 1.807) is 11.3 Å². The second-order valence-electron chi connectivity index (χ2n) is 4.81. The number of fused-ring (bicyclic) bond motifs is 1. The number of carbonyl (C=O) groups excluding carboxylic acids is 1. The molecule has 92 valence electrons. The van der Waals surface area contributed by atoms with Gasteiger partial charge in [-0.2, -0.15) is 0 Å². The molecule has 3 rings (SSSR count). The van der Waals surface area contributed by atoms with Crippen molar-refractivity contribution >= 4 is 22.3 Å². The molecule has 0 N–H and O–H groups in total. The van der Waals surface area contributed by atoms with Gasteiger partial charge < -0.3 is 9.64 Å². The molecule has 1 saturated heterocycles. The van der Waals surface area contributed by atoms with Crippen molar-refractivity contribution in [3.05, 3.63) is 10.6 Å². The van der Waals surface area contributed by atoms with Gasteiger partial charge in [0.15, 0.2) is 10.9 Å². The Morgan fingerprint density at radius 3 is 2.88 bits per heavy atom. The fourth-order valence-electron chi connectivity index (χ4n) is 2.40. The second kappa shape index (κ2) is 4.38. The number of ketones is 1. The molecular weight excluding hydrogens is 236 g/mol. The Kier molecular flexibility index (Phi) is 2.88. The van der Waals surface area contributed by atoms with Crippen molar-refractivity contribution in [3.63, 3.8) is 0 Å². The first-order valence-electron chi connectivity index (χ1n) is 6.09. The second-order valence-corrected chi connectivity index (χ2v) is 5.79. The van der Waals surface area contributed by atoms with Crippen molar-refractivity contribution in [1.82, 2.24) is 4.98 Å². The third-order valence-corrected chi connectivity index (χ3v) is 4.50. The van der Waals surface area contributed by atoms with Gasteiger partial charge in [0.05, 0.1) is 23.8 Å². The standard InChI is InChI=1S/C12H16N2O2S/c1-8-6-9-11(10(15)7-8)17-12(13-9)14-2-4-16-5-3-14/h8H,2-7H2,1H3. The summed E-state index contributed by atoms with van der Waals surface area (Å²) in [6, 6.07) is 0. The van der Waals surface area contributed by atoms with Crippen molar-refractivity contribution in [3.8, 4) is 0 Å². The smallest absolute Gasteiger partial charge is 0.186 e. The Morgan fingerprint density at radius 2 is 2.12 bits per heavy atom. The van der Waals surface area contributed by atoms with Crippen LogP contribution in [0.4, 0.5) is 5.13 Å². The lowest BCUT2D eigenvalue weighted by Crippen LogP contribution is -2.36. The van der Waals surface area contributed by atoms with Gasteiger partial charge in [-0.15, -0.1) is 0 Å². The summed E-state index contributed by atoms with van der Waals surface area (Å²) in [6.07, 6.45) is 1.62. The molecule has 0 amide bonds. The molecule has 1 aliphatic heterocycles. The summed E-state index contributed by atoms with van der Waals surface area (Å²) in [4.78, 5) is 19.7. The monoisotopic (exact) mass is 252 g/mol. The van der Waals surface area contributed by atoms with Crippen molar-refractivity contribution in [2.24, 2.45) is 5.92 Å². The Bertz CT molecular complexity index is 438. The molecule has 2 heterocycles. The van der Waals surface area contributed by atoms with Gasteiger partial charge in [0, 0.05) is 19.5 Å². The highest BCUT2D eigenvalue weighted by Crippen LogP contribution is 2.33. The number of aromatic nitrogens is 1. The van der Waals surface area contributed by atoms with E-state index in [0.717, 1.165) is 48.4 Å². The van der Waals surface area contributed by atoms with Gasteiger partial charge in [-0.1, -0.05) is 18.3 Å². The van der Waals surface area contributed by atoms with E-state index in [4.69, 9.17) is 4.74 Å². The lowest BCUT2D eigenvalue weighted by atomic mass is 9.92. The molecule has 4 nitrogen and oxygen atoms in total. The predicted molar refractivity (Wildman–Crippen MR) is 67.0 cm³/mol. The number of nitrogens with zero attached hydrogens (tertiary/aromatic N) is 2. The minimum Gasteiger partial charge on any atom is -0.378 e. The van der Waals surface area contributed by atoms with E-state index < -0.39 is 0 Å². The van der Waals surface area contributed by atoms with E-state index in [9.17, 15) is 4.79 Å². The Morgan fingerprint density at radius 1 is 1.35 bits per heavy atom. The topological polar surface area (TPSA) is 42.4 Å². The van der Waals surface area contributed by atoms with Crippen molar-refractivity contribution < 1.29 is 9.53 Å². The summed E-state index contributed by atoms with van der Waals surface area (Å²) in [7, 11) is 0. The molecular formula is C12H16N2O2S. The molecule has 1 aromatic rings. The van der Waals surface area contributed by atoms with Crippen molar-refractivity contribution in [2.75, 3.05) is 31.2 Å². The number of ether oxygens (including phenoxy) is 1. The van der Waals surface area contributed by atoms with Crippen LogP contribution in [-0.4, -0.2) is 37.1 Å². The molecule has 2 aliphatic rings. The van der Waals surface area contributed by atoms with Gasteiger partial charge in [-0.25, -0.2) is 4.98 Å². The van der Waals surface area contributed by atoms with Crippen molar-refractivity contribution in [2.45, 2.75) is 19.8 Å². The highest BCUT2D eigenvalue weighted by molar-refractivity contribution is 7.17. The molecule has 0 aromatic carbocycles. The van der Waals surface area contributed by atoms with Crippen molar-refractivity contribution in [1.29, 1.82) is 0 Å². The predicted octanol–water partition coefficient (Wildman–Crippen LogP) is 1.74. The lowest BCUT2D eigenvalue weighted by Gasteiger charge is -2.26. The van der Waals surface area contributed by atoms with Gasteiger partial charge in [0.25, 0.3) is 0 Å². The first-order chi connectivity index (χ1) is 8.24. The van der Waals surface area contributed by atoms with Gasteiger partial charge in [-0.3, -0.25) is 4.79 Å². The molecule has 1 unspecified atom stereocenters. The number of rotatable bonds is 1. The first-order valence-corrected chi connectivity index (χ1v) is 6.91. The summed E-state index contributed by atoms with van der Waals surface area (Å²) >= 11 is 1.56. The fraction of sp³-hybridized carbons (Fsp3) is 0.667. The molecule has 1 fully saturated rings. The molecule has 0 bridgehead atoms. The van der Waals surface area contributed by atoms with E-state index in [1.165, 1.54) is 0 Å². The largest absolute Gasteiger partial charge is 0.378 e. The Labute approximate surface area is 105 Å². The number of morpholine rings is 1. The van der Waals surface area contributed by atoms with E-state index in [1.807, 2.05) is 0 Å². The summed E-state index contributed by atoms with van der Waals surface area (Å²) < 4.78 is 5.33. The molecule has 0 spiro atoms. The molecule has 1 atom stereocenters. The third kappa shape index (κ3) is 2.09. The Hall–Kier alpha value is -0.940. The molecule has 5 heteroatoms. The molecule has 0 saturated carbocycles.